The molecule has 12 heteroatoms. The molecular formula is C28H25Cl2N5O4S. The highest BCUT2D eigenvalue weighted by Gasteiger charge is 2.30. The van der Waals surface area contributed by atoms with Gasteiger partial charge in [0.25, 0.3) is 11.8 Å². The Bertz CT molecular complexity index is 1600. The number of amides is 2. The Morgan fingerprint density at radius 3 is 2.77 bits per heavy atom. The number of fused-ring (bicyclic) bond motifs is 2. The third kappa shape index (κ3) is 5.56. The van der Waals surface area contributed by atoms with Gasteiger partial charge >= 0.3 is 5.97 Å². The van der Waals surface area contributed by atoms with Crippen molar-refractivity contribution in [2.45, 2.75) is 25.9 Å². The highest BCUT2D eigenvalue weighted by atomic mass is 35.5. The summed E-state index contributed by atoms with van der Waals surface area (Å²) in [5, 5.41) is 18.4. The predicted molar refractivity (Wildman–Crippen MR) is 156 cm³/mol. The number of carboxylic acid groups (broad SMARTS) is 1. The van der Waals surface area contributed by atoms with E-state index in [0.717, 1.165) is 21.5 Å². The number of hydrogen-bond acceptors (Lipinski definition) is 6. The molecule has 40 heavy (non-hydrogen) atoms. The largest absolute Gasteiger partial charge is 0.480 e. The molecule has 4 N–H and O–H groups in total. The number of nitrogens with one attached hydrogen (secondary N) is 3. The summed E-state index contributed by atoms with van der Waals surface area (Å²) in [4.78, 5) is 48.3. The maximum Gasteiger partial charge on any atom is 0.328 e. The maximum atomic E-state index is 13.2. The molecule has 4 heterocycles. The smallest absolute Gasteiger partial charge is 0.328 e. The van der Waals surface area contributed by atoms with Gasteiger partial charge in [-0.05, 0) is 60.2 Å². The van der Waals surface area contributed by atoms with Gasteiger partial charge in [0.15, 0.2) is 0 Å². The van der Waals surface area contributed by atoms with Crippen LogP contribution in [-0.4, -0.2) is 56.9 Å². The van der Waals surface area contributed by atoms with Crippen LogP contribution in [0.25, 0.3) is 16.7 Å². The number of aliphatic carboxylic acids is 1. The van der Waals surface area contributed by atoms with Gasteiger partial charge in [0.1, 0.15) is 17.4 Å². The molecule has 1 aliphatic rings. The number of halogens is 2. The summed E-state index contributed by atoms with van der Waals surface area (Å²) in [6.45, 7) is 2.44. The van der Waals surface area contributed by atoms with Gasteiger partial charge in [0.2, 0.25) is 0 Å². The van der Waals surface area contributed by atoms with Crippen molar-refractivity contribution in [2.75, 3.05) is 13.1 Å². The van der Waals surface area contributed by atoms with Crippen molar-refractivity contribution in [1.82, 2.24) is 25.5 Å². The maximum absolute atomic E-state index is 13.2. The normalized spacial score (nSPS) is 14.1. The van der Waals surface area contributed by atoms with Crippen LogP contribution in [0.15, 0.2) is 54.1 Å². The van der Waals surface area contributed by atoms with Gasteiger partial charge in [-0.15, -0.1) is 11.3 Å². The lowest BCUT2D eigenvalue weighted by molar-refractivity contribution is -0.139. The van der Waals surface area contributed by atoms with E-state index in [9.17, 15) is 19.5 Å². The van der Waals surface area contributed by atoms with Crippen LogP contribution in [0.1, 0.15) is 43.8 Å². The van der Waals surface area contributed by atoms with Gasteiger partial charge in [-0.3, -0.25) is 9.59 Å². The number of pyridine rings is 1. The molecular weight excluding hydrogens is 573 g/mol. The third-order valence-corrected chi connectivity index (χ3v) is 8.33. The number of nitrogens with zero attached hydrogens (tertiary/aromatic N) is 2. The molecule has 9 nitrogen and oxygen atoms in total. The number of benzene rings is 1. The van der Waals surface area contributed by atoms with Crippen LogP contribution in [0.2, 0.25) is 10.0 Å². The van der Waals surface area contributed by atoms with Gasteiger partial charge in [-0.2, -0.15) is 0 Å². The van der Waals surface area contributed by atoms with E-state index >= 15 is 0 Å². The molecule has 206 valence electrons. The molecule has 2 amide bonds. The molecule has 5 rings (SSSR count). The zero-order valence-electron chi connectivity index (χ0n) is 21.3. The summed E-state index contributed by atoms with van der Waals surface area (Å²) in [6.07, 6.45) is 3.90. The third-order valence-electron chi connectivity index (χ3n) is 6.72. The van der Waals surface area contributed by atoms with Crippen molar-refractivity contribution in [1.29, 1.82) is 0 Å². The summed E-state index contributed by atoms with van der Waals surface area (Å²) < 4.78 is 0. The average Bonchev–Trinajstić information content (AvgIpc) is 3.62. The Morgan fingerprint density at radius 2 is 2.08 bits per heavy atom. The van der Waals surface area contributed by atoms with Gasteiger partial charge in [-0.25, -0.2) is 9.78 Å². The zero-order chi connectivity index (χ0) is 28.4. The molecule has 0 unspecified atom stereocenters. The number of hydrogen-bond donors (Lipinski definition) is 4. The summed E-state index contributed by atoms with van der Waals surface area (Å²) in [7, 11) is 0. The molecule has 1 aromatic carbocycles. The lowest BCUT2D eigenvalue weighted by Gasteiger charge is -2.30. The number of thiophene rings is 1. The SMILES string of the molecule is C/C=C(/NC[C@H](NC(=O)c1c(Cl)cc2c(c1Cl)CCN(C(=O)c1cc3cccnc3[nH]1)C2)C(=O)O)c1cccs1. The molecule has 0 fully saturated rings. The van der Waals surface area contributed by atoms with E-state index in [1.54, 1.807) is 29.3 Å². The van der Waals surface area contributed by atoms with Gasteiger partial charge in [0.05, 0.1) is 15.6 Å². The number of carbonyl (C=O) groups excluding carboxylic acids is 2. The molecule has 1 aliphatic heterocycles. The number of rotatable bonds is 8. The molecule has 3 aromatic heterocycles. The lowest BCUT2D eigenvalue weighted by atomic mass is 9.96. The Morgan fingerprint density at radius 1 is 1.25 bits per heavy atom. The van der Waals surface area contributed by atoms with E-state index in [2.05, 4.69) is 20.6 Å². The summed E-state index contributed by atoms with van der Waals surface area (Å²) in [5.74, 6) is -2.07. The van der Waals surface area contributed by atoms with Crippen LogP contribution in [0.3, 0.4) is 0 Å². The van der Waals surface area contributed by atoms with Crippen LogP contribution in [0.4, 0.5) is 0 Å². The van der Waals surface area contributed by atoms with E-state index in [4.69, 9.17) is 23.2 Å². The topological polar surface area (TPSA) is 127 Å². The first-order chi connectivity index (χ1) is 19.3. The number of aromatic nitrogens is 2. The zero-order valence-corrected chi connectivity index (χ0v) is 23.7. The average molecular weight is 599 g/mol. The first-order valence-electron chi connectivity index (χ1n) is 12.5. The second kappa shape index (κ2) is 11.7. The quantitative estimate of drug-likeness (QED) is 0.227. The Balaban J connectivity index is 1.31. The molecule has 0 radical (unpaired) electrons. The fraction of sp³-hybridized carbons (Fsp3) is 0.214. The summed E-state index contributed by atoms with van der Waals surface area (Å²) in [6, 6.07) is 9.65. The lowest BCUT2D eigenvalue weighted by Crippen LogP contribution is -2.47. The van der Waals surface area contributed by atoms with Crippen LogP contribution < -0.4 is 10.6 Å². The second-order valence-electron chi connectivity index (χ2n) is 9.21. The molecule has 0 bridgehead atoms. The fourth-order valence-electron chi connectivity index (χ4n) is 4.68. The monoisotopic (exact) mass is 597 g/mol. The highest BCUT2D eigenvalue weighted by molar-refractivity contribution is 7.11. The summed E-state index contributed by atoms with van der Waals surface area (Å²) >= 11 is 14.7. The number of carboxylic acids is 1. The fourth-order valence-corrected chi connectivity index (χ4v) is 6.22. The molecule has 0 saturated carbocycles. The minimum Gasteiger partial charge on any atom is -0.480 e. The Hall–Kier alpha value is -3.86. The van der Waals surface area contributed by atoms with E-state index in [1.807, 2.05) is 36.6 Å². The van der Waals surface area contributed by atoms with Crippen LogP contribution >= 0.6 is 34.5 Å². The number of allylic oxidation sites excluding steroid dienone is 1. The van der Waals surface area contributed by atoms with Crippen LogP contribution in [0, 0.1) is 0 Å². The highest BCUT2D eigenvalue weighted by Crippen LogP contribution is 2.35. The van der Waals surface area contributed by atoms with Gasteiger partial charge < -0.3 is 25.6 Å². The molecule has 4 aromatic rings. The van der Waals surface area contributed by atoms with E-state index < -0.39 is 17.9 Å². The first-order valence-corrected chi connectivity index (χ1v) is 14.1. The standard InChI is InChI=1S/C28H25Cl2N5O4S/c1-2-19(22-6-4-10-40-22)32-13-21(28(38)39)34-26(36)23-18(29)11-16-14-35(9-7-17(16)24(23)30)27(37)20-12-15-5-3-8-31-25(15)33-20/h2-6,8,10-12,21,32H,7,9,13-14H2,1H3,(H,31,33)(H,34,36)(H,38,39)/b19-2+/t21-/m0/s1. The molecule has 1 atom stereocenters. The molecule has 0 saturated heterocycles. The van der Waals surface area contributed by atoms with E-state index in [1.165, 1.54) is 11.3 Å². The minimum atomic E-state index is -1.23. The molecule has 0 spiro atoms. The van der Waals surface area contributed by atoms with Crippen molar-refractivity contribution in [3.8, 4) is 0 Å². The van der Waals surface area contributed by atoms with E-state index in [0.29, 0.717) is 29.9 Å². The number of aromatic amines is 1. The van der Waals surface area contributed by atoms with Crippen molar-refractivity contribution in [3.05, 3.63) is 91.4 Å². The first kappa shape index (κ1) is 27.7. The number of carbonyl (C=O) groups is 3. The van der Waals surface area contributed by atoms with Crippen molar-refractivity contribution >= 4 is 69.1 Å². The van der Waals surface area contributed by atoms with Crippen LogP contribution in [-0.2, 0) is 17.8 Å². The van der Waals surface area contributed by atoms with Crippen molar-refractivity contribution < 1.29 is 19.5 Å². The second-order valence-corrected chi connectivity index (χ2v) is 10.9. The van der Waals surface area contributed by atoms with Crippen molar-refractivity contribution in [3.63, 3.8) is 0 Å². The predicted octanol–water partition coefficient (Wildman–Crippen LogP) is 4.96. The van der Waals surface area contributed by atoms with Gasteiger partial charge in [0, 0.05) is 41.8 Å². The van der Waals surface area contributed by atoms with Crippen molar-refractivity contribution in [2.24, 2.45) is 0 Å². The van der Waals surface area contributed by atoms with E-state index in [-0.39, 0.29) is 34.6 Å². The summed E-state index contributed by atoms with van der Waals surface area (Å²) in [5.41, 5.74) is 3.28. The number of H-pyrrole nitrogens is 1. The minimum absolute atomic E-state index is 0.0133. The van der Waals surface area contributed by atoms with Gasteiger partial charge in [-0.1, -0.05) is 35.3 Å². The Labute approximate surface area is 243 Å². The van der Waals surface area contributed by atoms with Crippen LogP contribution in [0.5, 0.6) is 0 Å². The Kier molecular flexibility index (Phi) is 8.11. The molecule has 0 aliphatic carbocycles.